The SMILES string of the molecule is COc1ccc(NC(=O)C[C@H](NC(=O)c2ccccc2Cl)c2ccccc2)cn1. The Hall–Kier alpha value is -3.38. The standard InChI is InChI=1S/C22H20ClN3O3/c1-29-21-12-11-16(14-24-21)25-20(27)13-19(15-7-3-2-4-8-15)26-22(28)17-9-5-6-10-18(17)23/h2-12,14,19H,13H2,1H3,(H,25,27)(H,26,28)/t19-/m0/s1. The first kappa shape index (κ1) is 20.4. The van der Waals surface area contributed by atoms with Gasteiger partial charge in [-0.25, -0.2) is 4.98 Å². The molecule has 0 aliphatic heterocycles. The summed E-state index contributed by atoms with van der Waals surface area (Å²) in [7, 11) is 1.52. The quantitative estimate of drug-likeness (QED) is 0.611. The van der Waals surface area contributed by atoms with E-state index in [1.807, 2.05) is 30.3 Å². The maximum absolute atomic E-state index is 12.7. The van der Waals surface area contributed by atoms with Crippen LogP contribution in [0.4, 0.5) is 5.69 Å². The van der Waals surface area contributed by atoms with Crippen LogP contribution >= 0.6 is 11.6 Å². The van der Waals surface area contributed by atoms with Crippen molar-refractivity contribution in [2.75, 3.05) is 12.4 Å². The average molecular weight is 410 g/mol. The minimum absolute atomic E-state index is 0.0479. The topological polar surface area (TPSA) is 80.3 Å². The van der Waals surface area contributed by atoms with Crippen molar-refractivity contribution in [1.29, 1.82) is 0 Å². The zero-order chi connectivity index (χ0) is 20.6. The van der Waals surface area contributed by atoms with Gasteiger partial charge in [0.25, 0.3) is 5.91 Å². The lowest BCUT2D eigenvalue weighted by Gasteiger charge is -2.19. The Morgan fingerprint density at radius 3 is 2.41 bits per heavy atom. The minimum Gasteiger partial charge on any atom is -0.481 e. The summed E-state index contributed by atoms with van der Waals surface area (Å²) in [5, 5.41) is 6.04. The highest BCUT2D eigenvalue weighted by Crippen LogP contribution is 2.21. The normalized spacial score (nSPS) is 11.4. The molecule has 2 aromatic carbocycles. The summed E-state index contributed by atoms with van der Waals surface area (Å²) in [6, 6.07) is 18.9. The second-order valence-corrected chi connectivity index (χ2v) is 6.67. The summed E-state index contributed by atoms with van der Waals surface area (Å²) in [6.45, 7) is 0. The first-order valence-corrected chi connectivity index (χ1v) is 9.35. The largest absolute Gasteiger partial charge is 0.481 e. The molecule has 0 saturated heterocycles. The number of nitrogens with one attached hydrogen (secondary N) is 2. The highest BCUT2D eigenvalue weighted by molar-refractivity contribution is 6.33. The smallest absolute Gasteiger partial charge is 0.253 e. The molecule has 7 heteroatoms. The lowest BCUT2D eigenvalue weighted by molar-refractivity contribution is -0.116. The first-order chi connectivity index (χ1) is 14.1. The molecule has 1 heterocycles. The van der Waals surface area contributed by atoms with Crippen LogP contribution in [0.5, 0.6) is 5.88 Å². The number of methoxy groups -OCH3 is 1. The van der Waals surface area contributed by atoms with Crippen LogP contribution in [0.3, 0.4) is 0 Å². The minimum atomic E-state index is -0.522. The van der Waals surface area contributed by atoms with Crippen molar-refractivity contribution in [2.24, 2.45) is 0 Å². The summed E-state index contributed by atoms with van der Waals surface area (Å²) in [5.41, 5.74) is 1.71. The van der Waals surface area contributed by atoms with E-state index in [1.165, 1.54) is 13.3 Å². The molecule has 0 aliphatic rings. The Morgan fingerprint density at radius 1 is 1.03 bits per heavy atom. The first-order valence-electron chi connectivity index (χ1n) is 8.97. The van der Waals surface area contributed by atoms with Gasteiger partial charge in [-0.2, -0.15) is 0 Å². The Bertz CT molecular complexity index is 978. The Kier molecular flexibility index (Phi) is 6.81. The molecule has 1 aromatic heterocycles. The van der Waals surface area contributed by atoms with E-state index in [2.05, 4.69) is 15.6 Å². The van der Waals surface area contributed by atoms with Gasteiger partial charge in [-0.3, -0.25) is 9.59 Å². The molecule has 0 unspecified atom stereocenters. The monoisotopic (exact) mass is 409 g/mol. The zero-order valence-corrected chi connectivity index (χ0v) is 16.5. The molecule has 148 valence electrons. The van der Waals surface area contributed by atoms with E-state index in [-0.39, 0.29) is 18.2 Å². The number of pyridine rings is 1. The number of hydrogen-bond acceptors (Lipinski definition) is 4. The predicted molar refractivity (Wildman–Crippen MR) is 112 cm³/mol. The van der Waals surface area contributed by atoms with Crippen LogP contribution in [0.2, 0.25) is 5.02 Å². The number of ether oxygens (including phenoxy) is 1. The number of benzene rings is 2. The van der Waals surface area contributed by atoms with E-state index < -0.39 is 6.04 Å². The third-order valence-corrected chi connectivity index (χ3v) is 4.57. The van der Waals surface area contributed by atoms with Gasteiger partial charge in [0.15, 0.2) is 0 Å². The maximum Gasteiger partial charge on any atom is 0.253 e. The number of halogens is 1. The molecule has 2 amide bonds. The number of carbonyl (C=O) groups excluding carboxylic acids is 2. The number of carbonyl (C=O) groups is 2. The molecule has 1 atom stereocenters. The third kappa shape index (κ3) is 5.56. The summed E-state index contributed by atoms with van der Waals surface area (Å²) in [6.07, 6.45) is 1.56. The van der Waals surface area contributed by atoms with Gasteiger partial charge in [-0.15, -0.1) is 0 Å². The van der Waals surface area contributed by atoms with Crippen molar-refractivity contribution < 1.29 is 14.3 Å². The molecular weight excluding hydrogens is 390 g/mol. The molecular formula is C22H20ClN3O3. The van der Waals surface area contributed by atoms with Crippen LogP contribution < -0.4 is 15.4 Å². The number of hydrogen-bond donors (Lipinski definition) is 2. The van der Waals surface area contributed by atoms with Crippen molar-refractivity contribution in [3.05, 3.63) is 89.1 Å². The molecule has 2 N–H and O–H groups in total. The van der Waals surface area contributed by atoms with Crippen molar-refractivity contribution >= 4 is 29.1 Å². The van der Waals surface area contributed by atoms with Gasteiger partial charge in [0.2, 0.25) is 11.8 Å². The summed E-state index contributed by atoms with van der Waals surface area (Å²) < 4.78 is 5.01. The fraction of sp³-hybridized carbons (Fsp3) is 0.136. The van der Waals surface area contributed by atoms with E-state index in [1.54, 1.807) is 36.4 Å². The number of anilines is 1. The van der Waals surface area contributed by atoms with Gasteiger partial charge in [0.1, 0.15) is 0 Å². The fourth-order valence-corrected chi connectivity index (χ4v) is 3.01. The molecule has 0 aliphatic carbocycles. The molecule has 29 heavy (non-hydrogen) atoms. The molecule has 3 aromatic rings. The highest BCUT2D eigenvalue weighted by atomic mass is 35.5. The van der Waals surface area contributed by atoms with Gasteiger partial charge < -0.3 is 15.4 Å². The van der Waals surface area contributed by atoms with Gasteiger partial charge in [0.05, 0.1) is 42.0 Å². The van der Waals surface area contributed by atoms with E-state index in [0.29, 0.717) is 22.2 Å². The van der Waals surface area contributed by atoms with Crippen LogP contribution in [0.15, 0.2) is 72.9 Å². The lowest BCUT2D eigenvalue weighted by atomic mass is 10.0. The maximum atomic E-state index is 12.7. The van der Waals surface area contributed by atoms with Crippen molar-refractivity contribution in [3.63, 3.8) is 0 Å². The molecule has 0 saturated carbocycles. The van der Waals surface area contributed by atoms with Crippen LogP contribution in [0, 0.1) is 0 Å². The zero-order valence-electron chi connectivity index (χ0n) is 15.8. The van der Waals surface area contributed by atoms with Crippen LogP contribution in [-0.4, -0.2) is 23.9 Å². The van der Waals surface area contributed by atoms with E-state index in [4.69, 9.17) is 16.3 Å². The number of aromatic nitrogens is 1. The molecule has 6 nitrogen and oxygen atoms in total. The second kappa shape index (κ2) is 9.71. The highest BCUT2D eigenvalue weighted by Gasteiger charge is 2.20. The Balaban J connectivity index is 1.74. The van der Waals surface area contributed by atoms with Gasteiger partial charge in [0, 0.05) is 6.07 Å². The molecule has 0 bridgehead atoms. The van der Waals surface area contributed by atoms with Gasteiger partial charge >= 0.3 is 0 Å². The van der Waals surface area contributed by atoms with Crippen molar-refractivity contribution in [3.8, 4) is 5.88 Å². The van der Waals surface area contributed by atoms with Gasteiger partial charge in [-0.1, -0.05) is 54.1 Å². The van der Waals surface area contributed by atoms with E-state index in [9.17, 15) is 9.59 Å². The van der Waals surface area contributed by atoms with E-state index >= 15 is 0 Å². The van der Waals surface area contributed by atoms with Crippen molar-refractivity contribution in [1.82, 2.24) is 10.3 Å². The average Bonchev–Trinajstić information content (AvgIpc) is 2.74. The number of rotatable bonds is 7. The molecule has 0 radical (unpaired) electrons. The number of nitrogens with zero attached hydrogens (tertiary/aromatic N) is 1. The summed E-state index contributed by atoms with van der Waals surface area (Å²) in [5.74, 6) is -0.147. The van der Waals surface area contributed by atoms with Crippen LogP contribution in [0.25, 0.3) is 0 Å². The molecule has 0 fully saturated rings. The summed E-state index contributed by atoms with van der Waals surface area (Å²) in [4.78, 5) is 29.4. The second-order valence-electron chi connectivity index (χ2n) is 6.26. The Labute approximate surface area is 173 Å². The number of amides is 2. The fourth-order valence-electron chi connectivity index (χ4n) is 2.79. The molecule has 3 rings (SSSR count). The lowest BCUT2D eigenvalue weighted by Crippen LogP contribution is -2.31. The van der Waals surface area contributed by atoms with Crippen LogP contribution in [-0.2, 0) is 4.79 Å². The van der Waals surface area contributed by atoms with Crippen molar-refractivity contribution in [2.45, 2.75) is 12.5 Å². The Morgan fingerprint density at radius 2 is 1.76 bits per heavy atom. The predicted octanol–water partition coefficient (Wildman–Crippen LogP) is 4.24. The van der Waals surface area contributed by atoms with Crippen LogP contribution in [0.1, 0.15) is 28.4 Å². The van der Waals surface area contributed by atoms with Gasteiger partial charge in [-0.05, 0) is 23.8 Å². The van der Waals surface area contributed by atoms with E-state index in [0.717, 1.165) is 5.56 Å². The molecule has 0 spiro atoms. The third-order valence-electron chi connectivity index (χ3n) is 4.24. The summed E-state index contributed by atoms with van der Waals surface area (Å²) >= 11 is 6.13.